The van der Waals surface area contributed by atoms with Crippen molar-refractivity contribution in [2.24, 2.45) is 0 Å². The average Bonchev–Trinajstić information content (AvgIpc) is 2.39. The minimum atomic E-state index is -4.48. The number of pyridine rings is 1. The van der Waals surface area contributed by atoms with Gasteiger partial charge in [-0.25, -0.2) is 9.37 Å². The number of rotatable bonds is 4. The van der Waals surface area contributed by atoms with E-state index in [1.165, 1.54) is 12.1 Å². The van der Waals surface area contributed by atoms with Crippen LogP contribution in [0.1, 0.15) is 11.1 Å². The number of alkyl halides is 3. The second kappa shape index (κ2) is 6.30. The zero-order valence-corrected chi connectivity index (χ0v) is 11.5. The van der Waals surface area contributed by atoms with Gasteiger partial charge < -0.3 is 5.32 Å². The van der Waals surface area contributed by atoms with Crippen LogP contribution in [-0.4, -0.2) is 11.5 Å². The molecule has 7 heteroatoms. The van der Waals surface area contributed by atoms with Crippen molar-refractivity contribution in [2.45, 2.75) is 12.6 Å². The highest BCUT2D eigenvalue weighted by Gasteiger charge is 2.31. The van der Waals surface area contributed by atoms with Gasteiger partial charge >= 0.3 is 6.18 Å². The fourth-order valence-electron chi connectivity index (χ4n) is 1.74. The quantitative estimate of drug-likeness (QED) is 0.837. The molecular formula is C14H11ClF4N2. The van der Waals surface area contributed by atoms with Crippen LogP contribution in [-0.2, 0) is 12.6 Å². The van der Waals surface area contributed by atoms with Crippen molar-refractivity contribution in [3.8, 4) is 0 Å². The lowest BCUT2D eigenvalue weighted by molar-refractivity contribution is -0.137. The summed E-state index contributed by atoms with van der Waals surface area (Å²) in [6, 6.07) is 6.90. The highest BCUT2D eigenvalue weighted by molar-refractivity contribution is 6.32. The van der Waals surface area contributed by atoms with E-state index in [0.29, 0.717) is 13.0 Å². The standard InChI is InChI=1S/C14H11ClF4N2/c15-12-7-10(14(17,18)19)8-21-13(12)20-5-4-9-2-1-3-11(16)6-9/h1-3,6-8H,4-5H2,(H,20,21). The predicted octanol–water partition coefficient (Wildman–Crippen LogP) is 4.55. The number of nitrogens with zero attached hydrogens (tertiary/aromatic N) is 1. The molecule has 0 aliphatic carbocycles. The molecule has 2 nitrogen and oxygen atoms in total. The smallest absolute Gasteiger partial charge is 0.369 e. The van der Waals surface area contributed by atoms with Crippen molar-refractivity contribution in [1.29, 1.82) is 0 Å². The molecule has 0 saturated heterocycles. The number of aromatic nitrogens is 1. The third-order valence-electron chi connectivity index (χ3n) is 2.76. The highest BCUT2D eigenvalue weighted by atomic mass is 35.5. The van der Waals surface area contributed by atoms with Crippen LogP contribution >= 0.6 is 11.6 Å². The molecule has 2 aromatic rings. The Morgan fingerprint density at radius 3 is 2.57 bits per heavy atom. The molecule has 0 atom stereocenters. The monoisotopic (exact) mass is 318 g/mol. The topological polar surface area (TPSA) is 24.9 Å². The second-order valence-corrected chi connectivity index (χ2v) is 4.77. The molecule has 2 rings (SSSR count). The molecule has 0 amide bonds. The van der Waals surface area contributed by atoms with E-state index in [-0.39, 0.29) is 16.7 Å². The minimum Gasteiger partial charge on any atom is -0.369 e. The van der Waals surface area contributed by atoms with Gasteiger partial charge in [0.05, 0.1) is 10.6 Å². The summed E-state index contributed by atoms with van der Waals surface area (Å²) in [5, 5.41) is 2.72. The molecule has 0 spiro atoms. The summed E-state index contributed by atoms with van der Waals surface area (Å²) in [5.74, 6) is -0.167. The Balaban J connectivity index is 1.98. The van der Waals surface area contributed by atoms with Crippen LogP contribution in [0.2, 0.25) is 5.02 Å². The van der Waals surface area contributed by atoms with Gasteiger partial charge in [-0.1, -0.05) is 23.7 Å². The van der Waals surface area contributed by atoms with Gasteiger partial charge in [0.25, 0.3) is 0 Å². The lowest BCUT2D eigenvalue weighted by Gasteiger charge is -2.10. The number of benzene rings is 1. The Hall–Kier alpha value is -1.82. The number of nitrogens with one attached hydrogen (secondary N) is 1. The van der Waals surface area contributed by atoms with Gasteiger partial charge in [-0.2, -0.15) is 13.2 Å². The SMILES string of the molecule is Fc1cccc(CCNc2ncc(C(F)(F)F)cc2Cl)c1. The van der Waals surface area contributed by atoms with Gasteiger partial charge in [-0.3, -0.25) is 0 Å². The maximum atomic E-state index is 13.0. The first-order valence-electron chi connectivity index (χ1n) is 6.07. The molecule has 0 aliphatic rings. The van der Waals surface area contributed by atoms with Crippen LogP contribution in [0.15, 0.2) is 36.5 Å². The van der Waals surface area contributed by atoms with Crippen molar-refractivity contribution < 1.29 is 17.6 Å². The van der Waals surface area contributed by atoms with E-state index in [9.17, 15) is 17.6 Å². The summed E-state index contributed by atoms with van der Waals surface area (Å²) >= 11 is 5.76. The van der Waals surface area contributed by atoms with E-state index in [0.717, 1.165) is 17.8 Å². The molecule has 0 saturated carbocycles. The van der Waals surface area contributed by atoms with E-state index in [4.69, 9.17) is 11.6 Å². The lowest BCUT2D eigenvalue weighted by Crippen LogP contribution is -2.10. The Morgan fingerprint density at radius 1 is 1.19 bits per heavy atom. The largest absolute Gasteiger partial charge is 0.417 e. The first-order valence-corrected chi connectivity index (χ1v) is 6.45. The maximum Gasteiger partial charge on any atom is 0.417 e. The molecule has 0 radical (unpaired) electrons. The Bertz CT molecular complexity index is 629. The van der Waals surface area contributed by atoms with Crippen molar-refractivity contribution in [2.75, 3.05) is 11.9 Å². The summed E-state index contributed by atoms with van der Waals surface area (Å²) in [7, 11) is 0. The van der Waals surface area contributed by atoms with Crippen molar-refractivity contribution in [1.82, 2.24) is 4.98 Å². The second-order valence-electron chi connectivity index (χ2n) is 4.36. The molecule has 1 aromatic carbocycles. The minimum absolute atomic E-state index is 0.107. The van der Waals surface area contributed by atoms with E-state index in [1.54, 1.807) is 12.1 Å². The molecule has 0 bridgehead atoms. The number of anilines is 1. The maximum absolute atomic E-state index is 13.0. The van der Waals surface area contributed by atoms with Gasteiger partial charge in [0, 0.05) is 12.7 Å². The zero-order chi connectivity index (χ0) is 15.5. The lowest BCUT2D eigenvalue weighted by atomic mass is 10.1. The van der Waals surface area contributed by atoms with Crippen LogP contribution in [0.25, 0.3) is 0 Å². The first kappa shape index (κ1) is 15.6. The van der Waals surface area contributed by atoms with Gasteiger partial charge in [0.15, 0.2) is 0 Å². The van der Waals surface area contributed by atoms with Crippen molar-refractivity contribution in [3.05, 3.63) is 58.5 Å². The first-order chi connectivity index (χ1) is 9.86. The Kier molecular flexibility index (Phi) is 4.67. The van der Waals surface area contributed by atoms with Crippen LogP contribution in [0.5, 0.6) is 0 Å². The molecule has 0 aliphatic heterocycles. The number of hydrogen-bond acceptors (Lipinski definition) is 2. The van der Waals surface area contributed by atoms with Crippen LogP contribution < -0.4 is 5.32 Å². The summed E-state index contributed by atoms with van der Waals surface area (Å²) in [6.45, 7) is 0.377. The van der Waals surface area contributed by atoms with E-state index < -0.39 is 11.7 Å². The summed E-state index contributed by atoms with van der Waals surface area (Å²) in [6.07, 6.45) is -3.26. The summed E-state index contributed by atoms with van der Waals surface area (Å²) < 4.78 is 50.3. The number of halogens is 5. The van der Waals surface area contributed by atoms with Crippen LogP contribution in [0, 0.1) is 5.82 Å². The van der Waals surface area contributed by atoms with E-state index >= 15 is 0 Å². The molecule has 1 N–H and O–H groups in total. The highest BCUT2D eigenvalue weighted by Crippen LogP contribution is 2.32. The Labute approximate surface area is 123 Å². The van der Waals surface area contributed by atoms with Gasteiger partial charge in [0.2, 0.25) is 0 Å². The average molecular weight is 319 g/mol. The molecule has 1 heterocycles. The van der Waals surface area contributed by atoms with E-state index in [1.807, 2.05) is 0 Å². The van der Waals surface area contributed by atoms with Gasteiger partial charge in [0.1, 0.15) is 11.6 Å². The predicted molar refractivity (Wildman–Crippen MR) is 72.8 cm³/mol. The van der Waals surface area contributed by atoms with Crippen LogP contribution in [0.4, 0.5) is 23.4 Å². The molecular weight excluding hydrogens is 308 g/mol. The molecule has 1 aromatic heterocycles. The third kappa shape index (κ3) is 4.32. The number of hydrogen-bond donors (Lipinski definition) is 1. The van der Waals surface area contributed by atoms with Crippen molar-refractivity contribution >= 4 is 17.4 Å². The third-order valence-corrected chi connectivity index (χ3v) is 3.05. The molecule has 0 fully saturated rings. The van der Waals surface area contributed by atoms with Gasteiger partial charge in [-0.05, 0) is 30.2 Å². The Morgan fingerprint density at radius 2 is 1.95 bits per heavy atom. The van der Waals surface area contributed by atoms with E-state index in [2.05, 4.69) is 10.3 Å². The van der Waals surface area contributed by atoms with Crippen molar-refractivity contribution in [3.63, 3.8) is 0 Å². The molecule has 0 unspecified atom stereocenters. The molecule has 112 valence electrons. The summed E-state index contributed by atoms with van der Waals surface area (Å²) in [5.41, 5.74) is -0.131. The normalized spacial score (nSPS) is 11.5. The summed E-state index contributed by atoms with van der Waals surface area (Å²) in [4.78, 5) is 3.66. The fraction of sp³-hybridized carbons (Fsp3) is 0.214. The molecule has 21 heavy (non-hydrogen) atoms. The fourth-order valence-corrected chi connectivity index (χ4v) is 1.97. The zero-order valence-electron chi connectivity index (χ0n) is 10.7. The van der Waals surface area contributed by atoms with Crippen LogP contribution in [0.3, 0.4) is 0 Å². The van der Waals surface area contributed by atoms with Gasteiger partial charge in [-0.15, -0.1) is 0 Å².